The quantitative estimate of drug-likeness (QED) is 0.389. The standard InChI is InChI=1S/C25H31NO5/c1-4-5-6-7-8-12-15-26-20-16-19(29-2)17-21(30-3)22(20)23(27)24(25(26)28)31-18-13-10-9-11-14-18/h9-11,13-14,16-17,27H,4-8,12,15H2,1-3H3. The molecule has 6 nitrogen and oxygen atoms in total. The first kappa shape index (κ1) is 22.5. The summed E-state index contributed by atoms with van der Waals surface area (Å²) in [6.45, 7) is 2.71. The first-order valence-corrected chi connectivity index (χ1v) is 10.8. The lowest BCUT2D eigenvalue weighted by Gasteiger charge is -2.18. The van der Waals surface area contributed by atoms with Gasteiger partial charge in [0.2, 0.25) is 5.75 Å². The zero-order chi connectivity index (χ0) is 22.2. The molecule has 31 heavy (non-hydrogen) atoms. The molecule has 2 aromatic carbocycles. The normalized spacial score (nSPS) is 10.9. The van der Waals surface area contributed by atoms with Crippen molar-refractivity contribution in [1.29, 1.82) is 0 Å². The summed E-state index contributed by atoms with van der Waals surface area (Å²) in [6.07, 6.45) is 6.65. The SMILES string of the molecule is CCCCCCCCn1c(=O)c(Oc2ccccc2)c(O)c2c(OC)cc(OC)cc21. The topological polar surface area (TPSA) is 69.9 Å². The molecule has 0 aliphatic carbocycles. The molecule has 0 saturated carbocycles. The molecule has 166 valence electrons. The van der Waals surface area contributed by atoms with Crippen LogP contribution in [0.25, 0.3) is 10.9 Å². The van der Waals surface area contributed by atoms with Crippen molar-refractivity contribution in [2.75, 3.05) is 14.2 Å². The third-order valence-corrected chi connectivity index (χ3v) is 5.39. The third-order valence-electron chi connectivity index (χ3n) is 5.39. The highest BCUT2D eigenvalue weighted by atomic mass is 16.5. The van der Waals surface area contributed by atoms with Crippen molar-refractivity contribution in [3.8, 4) is 28.7 Å². The highest BCUT2D eigenvalue weighted by molar-refractivity contribution is 5.94. The summed E-state index contributed by atoms with van der Waals surface area (Å²) >= 11 is 0. The van der Waals surface area contributed by atoms with Crippen LogP contribution < -0.4 is 19.8 Å². The number of pyridine rings is 1. The predicted molar refractivity (Wildman–Crippen MR) is 123 cm³/mol. The molecule has 0 saturated heterocycles. The number of aromatic hydroxyl groups is 1. The predicted octanol–water partition coefficient (Wildman–Crippen LogP) is 5.88. The lowest BCUT2D eigenvalue weighted by Crippen LogP contribution is -2.22. The molecule has 0 spiro atoms. The Kier molecular flexibility index (Phi) is 7.82. The van der Waals surface area contributed by atoms with Gasteiger partial charge in [0.15, 0.2) is 5.75 Å². The van der Waals surface area contributed by atoms with E-state index in [0.717, 1.165) is 19.3 Å². The van der Waals surface area contributed by atoms with Crippen molar-refractivity contribution in [3.63, 3.8) is 0 Å². The molecule has 0 amide bonds. The van der Waals surface area contributed by atoms with Gasteiger partial charge in [0.05, 0.1) is 25.1 Å². The number of aromatic nitrogens is 1. The second-order valence-corrected chi connectivity index (χ2v) is 7.54. The van der Waals surface area contributed by atoms with Crippen molar-refractivity contribution >= 4 is 10.9 Å². The molecule has 3 rings (SSSR count). The van der Waals surface area contributed by atoms with Gasteiger partial charge in [0.1, 0.15) is 17.2 Å². The van der Waals surface area contributed by atoms with E-state index in [4.69, 9.17) is 14.2 Å². The van der Waals surface area contributed by atoms with Crippen LogP contribution in [0.15, 0.2) is 47.3 Å². The number of aryl methyl sites for hydroxylation is 1. The van der Waals surface area contributed by atoms with Crippen LogP contribution in [-0.4, -0.2) is 23.9 Å². The number of para-hydroxylation sites is 1. The van der Waals surface area contributed by atoms with Gasteiger partial charge in [-0.15, -0.1) is 0 Å². The first-order valence-electron chi connectivity index (χ1n) is 10.8. The number of fused-ring (bicyclic) bond motifs is 1. The van der Waals surface area contributed by atoms with Crippen molar-refractivity contribution in [2.24, 2.45) is 0 Å². The fourth-order valence-electron chi connectivity index (χ4n) is 3.72. The fourth-order valence-corrected chi connectivity index (χ4v) is 3.72. The summed E-state index contributed by atoms with van der Waals surface area (Å²) in [5.74, 6) is 1.11. The zero-order valence-electron chi connectivity index (χ0n) is 18.5. The Morgan fingerprint density at radius 2 is 1.61 bits per heavy atom. The van der Waals surface area contributed by atoms with Gasteiger partial charge in [0.25, 0.3) is 5.56 Å². The van der Waals surface area contributed by atoms with Gasteiger partial charge in [-0.25, -0.2) is 0 Å². The minimum atomic E-state index is -0.377. The van der Waals surface area contributed by atoms with E-state index in [1.54, 1.807) is 35.9 Å². The number of benzene rings is 2. The lowest BCUT2D eigenvalue weighted by molar-refractivity contribution is 0.388. The first-order chi connectivity index (χ1) is 15.1. The van der Waals surface area contributed by atoms with E-state index in [1.165, 1.54) is 26.4 Å². The van der Waals surface area contributed by atoms with Crippen LogP contribution in [0, 0.1) is 0 Å². The molecule has 3 aromatic rings. The van der Waals surface area contributed by atoms with Gasteiger partial charge in [-0.1, -0.05) is 57.2 Å². The van der Waals surface area contributed by atoms with Gasteiger partial charge in [-0.05, 0) is 18.6 Å². The summed E-state index contributed by atoms with van der Waals surface area (Å²) in [4.78, 5) is 13.4. The summed E-state index contributed by atoms with van der Waals surface area (Å²) in [5.41, 5.74) is 0.186. The Morgan fingerprint density at radius 1 is 0.903 bits per heavy atom. The van der Waals surface area contributed by atoms with Crippen LogP contribution in [-0.2, 0) is 6.54 Å². The van der Waals surface area contributed by atoms with E-state index in [1.807, 2.05) is 18.2 Å². The van der Waals surface area contributed by atoms with E-state index in [9.17, 15) is 9.90 Å². The molecular weight excluding hydrogens is 394 g/mol. The monoisotopic (exact) mass is 425 g/mol. The van der Waals surface area contributed by atoms with Crippen molar-refractivity contribution < 1.29 is 19.3 Å². The fraction of sp³-hybridized carbons (Fsp3) is 0.400. The van der Waals surface area contributed by atoms with Gasteiger partial charge in [0, 0.05) is 18.7 Å². The highest BCUT2D eigenvalue weighted by Crippen LogP contribution is 2.41. The maximum atomic E-state index is 13.4. The molecule has 1 heterocycles. The number of hydrogen-bond donors (Lipinski definition) is 1. The summed E-state index contributed by atoms with van der Waals surface area (Å²) in [7, 11) is 3.08. The third kappa shape index (κ3) is 5.13. The Morgan fingerprint density at radius 3 is 2.29 bits per heavy atom. The summed E-state index contributed by atoms with van der Waals surface area (Å²) in [6, 6.07) is 12.4. The average Bonchev–Trinajstić information content (AvgIpc) is 2.80. The van der Waals surface area contributed by atoms with E-state index >= 15 is 0 Å². The molecule has 0 atom stereocenters. The minimum absolute atomic E-state index is 0.104. The molecule has 1 N–H and O–H groups in total. The lowest BCUT2D eigenvalue weighted by atomic mass is 10.1. The van der Waals surface area contributed by atoms with Crippen molar-refractivity contribution in [3.05, 3.63) is 52.8 Å². The average molecular weight is 426 g/mol. The summed E-state index contributed by atoms with van der Waals surface area (Å²) in [5, 5.41) is 11.4. The number of ether oxygens (including phenoxy) is 3. The van der Waals surface area contributed by atoms with E-state index in [2.05, 4.69) is 6.92 Å². The Labute approximate surface area is 183 Å². The summed E-state index contributed by atoms with van der Waals surface area (Å²) < 4.78 is 18.4. The van der Waals surface area contributed by atoms with Crippen LogP contribution in [0.4, 0.5) is 0 Å². The Bertz CT molecular complexity index is 1060. The molecule has 0 aliphatic rings. The highest BCUT2D eigenvalue weighted by Gasteiger charge is 2.22. The number of hydrogen-bond acceptors (Lipinski definition) is 5. The molecule has 0 aliphatic heterocycles. The van der Waals surface area contributed by atoms with Gasteiger partial charge >= 0.3 is 0 Å². The molecule has 1 aromatic heterocycles. The number of nitrogens with zero attached hydrogens (tertiary/aromatic N) is 1. The maximum Gasteiger partial charge on any atom is 0.297 e. The van der Waals surface area contributed by atoms with Crippen LogP contribution in [0.5, 0.6) is 28.7 Å². The Hall–Kier alpha value is -3.15. The smallest absolute Gasteiger partial charge is 0.297 e. The molecular formula is C25H31NO5. The molecule has 0 bridgehead atoms. The van der Waals surface area contributed by atoms with Crippen LogP contribution in [0.1, 0.15) is 45.4 Å². The van der Waals surface area contributed by atoms with Crippen molar-refractivity contribution in [1.82, 2.24) is 4.57 Å². The van der Waals surface area contributed by atoms with Crippen LogP contribution >= 0.6 is 0 Å². The van der Waals surface area contributed by atoms with E-state index < -0.39 is 0 Å². The van der Waals surface area contributed by atoms with Crippen LogP contribution in [0.3, 0.4) is 0 Å². The molecule has 0 radical (unpaired) electrons. The molecule has 6 heteroatoms. The van der Waals surface area contributed by atoms with Crippen molar-refractivity contribution in [2.45, 2.75) is 52.0 Å². The zero-order valence-corrected chi connectivity index (χ0v) is 18.5. The second kappa shape index (κ2) is 10.8. The van der Waals surface area contributed by atoms with E-state index in [-0.39, 0.29) is 17.1 Å². The minimum Gasteiger partial charge on any atom is -0.504 e. The van der Waals surface area contributed by atoms with Gasteiger partial charge in [-0.3, -0.25) is 4.79 Å². The van der Waals surface area contributed by atoms with Gasteiger partial charge in [-0.2, -0.15) is 0 Å². The Balaban J connectivity index is 2.08. The molecule has 0 fully saturated rings. The number of unbranched alkanes of at least 4 members (excludes halogenated alkanes) is 5. The number of methoxy groups -OCH3 is 2. The largest absolute Gasteiger partial charge is 0.504 e. The second-order valence-electron chi connectivity index (χ2n) is 7.54. The van der Waals surface area contributed by atoms with Gasteiger partial charge < -0.3 is 23.9 Å². The molecule has 0 unspecified atom stereocenters. The van der Waals surface area contributed by atoms with Crippen LogP contribution in [0.2, 0.25) is 0 Å². The van der Waals surface area contributed by atoms with E-state index in [0.29, 0.717) is 34.7 Å². The number of rotatable bonds is 11. The maximum absolute atomic E-state index is 13.4.